The van der Waals surface area contributed by atoms with E-state index in [1.165, 1.54) is 51.6 Å². The average molecular weight is 312 g/mol. The largest absolute Gasteiger partial charge is 0.380 e. The van der Waals surface area contributed by atoms with Gasteiger partial charge in [0.25, 0.3) is 0 Å². The van der Waals surface area contributed by atoms with E-state index >= 15 is 0 Å². The van der Waals surface area contributed by atoms with Crippen LogP contribution >= 0.6 is 0 Å². The summed E-state index contributed by atoms with van der Waals surface area (Å²) in [5.41, 5.74) is 1.48. The van der Waals surface area contributed by atoms with Gasteiger partial charge >= 0.3 is 0 Å². The van der Waals surface area contributed by atoms with Gasteiger partial charge in [-0.1, -0.05) is 54.4 Å². The summed E-state index contributed by atoms with van der Waals surface area (Å²) in [6.45, 7) is 17.6. The molecule has 0 aromatic rings. The van der Waals surface area contributed by atoms with E-state index in [2.05, 4.69) is 33.0 Å². The predicted molar refractivity (Wildman–Crippen MR) is 97.3 cm³/mol. The van der Waals surface area contributed by atoms with E-state index in [0.717, 1.165) is 30.5 Å². The van der Waals surface area contributed by atoms with Crippen molar-refractivity contribution in [3.63, 3.8) is 0 Å². The van der Waals surface area contributed by atoms with Crippen LogP contribution in [-0.4, -0.2) is 26.3 Å². The van der Waals surface area contributed by atoms with E-state index < -0.39 is 0 Å². The molecule has 2 saturated carbocycles. The lowest BCUT2D eigenvalue weighted by Crippen LogP contribution is -2.62. The number of ether oxygens (including phenoxy) is 1. The molecule has 4 aliphatic rings. The van der Waals surface area contributed by atoms with Gasteiger partial charge in [0.2, 0.25) is 0 Å². The minimum atomic E-state index is 0.681. The van der Waals surface area contributed by atoms with Gasteiger partial charge in [0.15, 0.2) is 0 Å². The van der Waals surface area contributed by atoms with Crippen LogP contribution in [0.1, 0.15) is 80.1 Å². The average Bonchev–Trinajstić information content (AvgIpc) is 2.37. The number of hydrogen-bond donors (Lipinski definition) is 1. The minimum Gasteiger partial charge on any atom is -0.380 e. The third kappa shape index (κ3) is 4.06. The smallest absolute Gasteiger partial charge is 0.0547 e. The van der Waals surface area contributed by atoms with Crippen molar-refractivity contribution in [3.05, 3.63) is 0 Å². The molecule has 2 unspecified atom stereocenters. The number of hydrogen-bond acceptors (Lipinski definition) is 2. The lowest BCUT2D eigenvalue weighted by molar-refractivity contribution is -0.189. The normalized spacial score (nSPS) is 31.4. The zero-order valence-corrected chi connectivity index (χ0v) is 16.1. The molecular formula is C20H41NO. The molecule has 2 aliphatic carbocycles. The Morgan fingerprint density at radius 2 is 1.50 bits per heavy atom. The molecule has 2 nitrogen and oxygen atoms in total. The summed E-state index contributed by atoms with van der Waals surface area (Å²) in [6.07, 6.45) is 8.51. The maximum absolute atomic E-state index is 5.15. The molecule has 2 heteroatoms. The molecule has 0 bridgehead atoms. The summed E-state index contributed by atoms with van der Waals surface area (Å²) in [5.74, 6) is 2.02. The SMILES string of the molecule is CC.CC1CCC12COC2.CCC.CCC1CCC12CNC2. The van der Waals surface area contributed by atoms with Crippen LogP contribution in [0, 0.1) is 22.7 Å². The maximum atomic E-state index is 5.15. The van der Waals surface area contributed by atoms with Crippen molar-refractivity contribution in [2.24, 2.45) is 22.7 Å². The summed E-state index contributed by atoms with van der Waals surface area (Å²) >= 11 is 0. The fourth-order valence-corrected chi connectivity index (χ4v) is 3.94. The first-order valence-corrected chi connectivity index (χ1v) is 9.91. The summed E-state index contributed by atoms with van der Waals surface area (Å²) < 4.78 is 5.15. The molecular weight excluding hydrogens is 270 g/mol. The van der Waals surface area contributed by atoms with Gasteiger partial charge in [-0.05, 0) is 42.9 Å². The molecule has 0 aromatic carbocycles. The Labute approximate surface area is 139 Å². The highest BCUT2D eigenvalue weighted by Gasteiger charge is 2.50. The predicted octanol–water partition coefficient (Wildman–Crippen LogP) is 5.27. The Morgan fingerprint density at radius 1 is 0.955 bits per heavy atom. The topological polar surface area (TPSA) is 21.3 Å². The van der Waals surface area contributed by atoms with E-state index in [9.17, 15) is 0 Å². The van der Waals surface area contributed by atoms with Crippen LogP contribution in [0.3, 0.4) is 0 Å². The second-order valence-electron chi connectivity index (χ2n) is 7.61. The number of nitrogens with one attached hydrogen (secondary N) is 1. The molecule has 4 rings (SSSR count). The fraction of sp³-hybridized carbons (Fsp3) is 1.00. The summed E-state index contributed by atoms with van der Waals surface area (Å²) in [5, 5.41) is 3.37. The molecule has 2 aliphatic heterocycles. The van der Waals surface area contributed by atoms with Crippen molar-refractivity contribution >= 4 is 0 Å². The zero-order valence-electron chi connectivity index (χ0n) is 16.1. The first kappa shape index (κ1) is 20.0. The van der Waals surface area contributed by atoms with Gasteiger partial charge in [-0.25, -0.2) is 0 Å². The van der Waals surface area contributed by atoms with E-state index in [1.807, 2.05) is 13.8 Å². The Morgan fingerprint density at radius 3 is 1.55 bits per heavy atom. The highest BCUT2D eigenvalue weighted by atomic mass is 16.5. The third-order valence-corrected chi connectivity index (χ3v) is 6.20. The quantitative estimate of drug-likeness (QED) is 0.712. The van der Waals surface area contributed by atoms with Crippen LogP contribution in [0.15, 0.2) is 0 Å². The van der Waals surface area contributed by atoms with Crippen LogP contribution < -0.4 is 5.32 Å². The van der Waals surface area contributed by atoms with Crippen LogP contribution in [-0.2, 0) is 4.74 Å². The molecule has 132 valence electrons. The van der Waals surface area contributed by atoms with Crippen molar-refractivity contribution in [2.75, 3.05) is 26.3 Å². The summed E-state index contributed by atoms with van der Waals surface area (Å²) in [4.78, 5) is 0. The first-order chi connectivity index (χ1) is 10.6. The monoisotopic (exact) mass is 311 g/mol. The van der Waals surface area contributed by atoms with E-state index in [1.54, 1.807) is 0 Å². The van der Waals surface area contributed by atoms with Gasteiger partial charge < -0.3 is 10.1 Å². The molecule has 4 fully saturated rings. The van der Waals surface area contributed by atoms with Crippen molar-refractivity contribution in [1.82, 2.24) is 5.32 Å². The van der Waals surface area contributed by atoms with Crippen molar-refractivity contribution in [3.8, 4) is 0 Å². The second-order valence-corrected chi connectivity index (χ2v) is 7.61. The standard InChI is InChI=1S/C8H15N.C7H12O.C3H8.C2H6/c1-2-7-3-4-8(7)5-9-6-8;1-6-2-3-7(6)4-8-5-7;1-3-2;1-2/h7,9H,2-6H2,1H3;6H,2-5H2,1H3;3H2,1-2H3;1-2H3. The van der Waals surface area contributed by atoms with Crippen LogP contribution in [0.5, 0.6) is 0 Å². The van der Waals surface area contributed by atoms with Gasteiger partial charge in [0.1, 0.15) is 0 Å². The van der Waals surface area contributed by atoms with Crippen LogP contribution in [0.2, 0.25) is 0 Å². The van der Waals surface area contributed by atoms with Crippen molar-refractivity contribution in [2.45, 2.75) is 80.1 Å². The van der Waals surface area contributed by atoms with Crippen molar-refractivity contribution in [1.29, 1.82) is 0 Å². The molecule has 2 atom stereocenters. The van der Waals surface area contributed by atoms with Crippen LogP contribution in [0.25, 0.3) is 0 Å². The Bertz CT molecular complexity index is 281. The Hall–Kier alpha value is -0.0800. The Balaban J connectivity index is 0.000000172. The third-order valence-electron chi connectivity index (χ3n) is 6.20. The van der Waals surface area contributed by atoms with Gasteiger partial charge in [-0.15, -0.1) is 0 Å². The van der Waals surface area contributed by atoms with Crippen molar-refractivity contribution < 1.29 is 4.74 Å². The summed E-state index contributed by atoms with van der Waals surface area (Å²) in [7, 11) is 0. The van der Waals surface area contributed by atoms with Gasteiger partial charge in [-0.2, -0.15) is 0 Å². The molecule has 2 saturated heterocycles. The molecule has 2 heterocycles. The highest BCUT2D eigenvalue weighted by Crippen LogP contribution is 2.51. The van der Waals surface area contributed by atoms with E-state index in [-0.39, 0.29) is 0 Å². The molecule has 0 aromatic heterocycles. The first-order valence-electron chi connectivity index (χ1n) is 9.91. The zero-order chi connectivity index (χ0) is 16.6. The Kier molecular flexibility index (Phi) is 8.42. The van der Waals surface area contributed by atoms with Gasteiger partial charge in [0, 0.05) is 18.5 Å². The lowest BCUT2D eigenvalue weighted by Gasteiger charge is -2.56. The highest BCUT2D eigenvalue weighted by molar-refractivity contribution is 5.03. The lowest BCUT2D eigenvalue weighted by atomic mass is 9.56. The molecule has 1 N–H and O–H groups in total. The summed E-state index contributed by atoms with van der Waals surface area (Å²) in [6, 6.07) is 0. The van der Waals surface area contributed by atoms with E-state index in [4.69, 9.17) is 4.74 Å². The minimum absolute atomic E-state index is 0.681. The molecule has 0 radical (unpaired) electrons. The van der Waals surface area contributed by atoms with Gasteiger partial charge in [-0.3, -0.25) is 0 Å². The number of rotatable bonds is 1. The van der Waals surface area contributed by atoms with Crippen LogP contribution in [0.4, 0.5) is 0 Å². The second kappa shape index (κ2) is 9.27. The maximum Gasteiger partial charge on any atom is 0.0547 e. The van der Waals surface area contributed by atoms with E-state index in [0.29, 0.717) is 5.41 Å². The molecule has 2 spiro atoms. The molecule has 0 amide bonds. The van der Waals surface area contributed by atoms with Gasteiger partial charge in [0.05, 0.1) is 13.2 Å². The fourth-order valence-electron chi connectivity index (χ4n) is 3.94. The molecule has 22 heavy (non-hydrogen) atoms.